The Morgan fingerprint density at radius 2 is 2.10 bits per heavy atom. The van der Waals surface area contributed by atoms with E-state index in [0.717, 1.165) is 26.2 Å². The molecule has 1 aromatic carbocycles. The van der Waals surface area contributed by atoms with Crippen LogP contribution in [0.25, 0.3) is 21.3 Å². The van der Waals surface area contributed by atoms with Crippen molar-refractivity contribution in [1.29, 1.82) is 0 Å². The number of pyridine rings is 1. The molecule has 3 rings (SSSR count). The Balaban J connectivity index is 2.05. The number of nitrogens with two attached hydrogens (primary N) is 1. The molecule has 0 aliphatic heterocycles. The molecular weight excluding hydrogens is 288 g/mol. The highest BCUT2D eigenvalue weighted by atomic mass is 32.1. The van der Waals surface area contributed by atoms with Gasteiger partial charge < -0.3 is 10.8 Å². The minimum Gasteiger partial charge on any atom is -0.465 e. The number of nitrogen functional groups attached to an aromatic ring is 1. The number of hydrogen-bond donors (Lipinski definition) is 2. The third kappa shape index (κ3) is 2.50. The highest BCUT2D eigenvalue weighted by Gasteiger charge is 2.10. The van der Waals surface area contributed by atoms with Gasteiger partial charge >= 0.3 is 6.09 Å². The lowest BCUT2D eigenvalue weighted by molar-refractivity contribution is 0.203. The van der Waals surface area contributed by atoms with Crippen molar-refractivity contribution < 1.29 is 9.90 Å². The van der Waals surface area contributed by atoms with Crippen LogP contribution in [0, 0.1) is 0 Å². The minimum atomic E-state index is -1.03. The summed E-state index contributed by atoms with van der Waals surface area (Å²) < 4.78 is 0.988. The van der Waals surface area contributed by atoms with Gasteiger partial charge in [-0.15, -0.1) is 0 Å². The number of fused-ring (bicyclic) bond motifs is 1. The van der Waals surface area contributed by atoms with E-state index >= 15 is 0 Å². The van der Waals surface area contributed by atoms with Crippen molar-refractivity contribution in [3.8, 4) is 11.1 Å². The lowest BCUT2D eigenvalue weighted by atomic mass is 10.1. The van der Waals surface area contributed by atoms with Gasteiger partial charge in [0, 0.05) is 18.8 Å². The minimum absolute atomic E-state index is 0.518. The molecule has 3 aromatic rings. The second-order valence-corrected chi connectivity index (χ2v) is 5.57. The third-order valence-electron chi connectivity index (χ3n) is 3.14. The zero-order valence-electron chi connectivity index (χ0n) is 11.1. The van der Waals surface area contributed by atoms with Crippen LogP contribution in [0.15, 0.2) is 36.7 Å². The monoisotopic (exact) mass is 300 g/mol. The summed E-state index contributed by atoms with van der Waals surface area (Å²) in [6, 6.07) is 7.58. The molecule has 0 aliphatic carbocycles. The van der Waals surface area contributed by atoms with Gasteiger partial charge in [-0.2, -0.15) is 0 Å². The Labute approximate surface area is 124 Å². The molecule has 0 radical (unpaired) electrons. The summed E-state index contributed by atoms with van der Waals surface area (Å²) in [6.45, 7) is 0. The zero-order chi connectivity index (χ0) is 15.0. The summed E-state index contributed by atoms with van der Waals surface area (Å²) in [4.78, 5) is 20.4. The number of amides is 1. The zero-order valence-corrected chi connectivity index (χ0v) is 12.0. The Kier molecular flexibility index (Phi) is 3.19. The van der Waals surface area contributed by atoms with Crippen LogP contribution in [0.1, 0.15) is 0 Å². The maximum absolute atomic E-state index is 11.0. The number of hydrogen-bond acceptors (Lipinski definition) is 5. The van der Waals surface area contributed by atoms with Gasteiger partial charge in [-0.1, -0.05) is 17.4 Å². The Morgan fingerprint density at radius 3 is 2.86 bits per heavy atom. The van der Waals surface area contributed by atoms with Crippen molar-refractivity contribution in [1.82, 2.24) is 9.97 Å². The number of anilines is 2. The molecule has 0 bridgehead atoms. The van der Waals surface area contributed by atoms with Crippen LogP contribution in [-0.2, 0) is 0 Å². The molecule has 1 amide bonds. The Morgan fingerprint density at radius 1 is 1.29 bits per heavy atom. The normalized spacial score (nSPS) is 10.7. The standard InChI is InChI=1S/C14H12N4O2S/c1-18(14(19)20)10-4-9(6-16-7-10)8-2-3-11-12(5-8)21-13(15)17-11/h2-7H,1H3,(H2,15,17)(H,19,20). The smallest absolute Gasteiger partial charge is 0.411 e. The van der Waals surface area contributed by atoms with E-state index in [1.54, 1.807) is 12.3 Å². The van der Waals surface area contributed by atoms with Crippen molar-refractivity contribution in [2.45, 2.75) is 0 Å². The summed E-state index contributed by atoms with van der Waals surface area (Å²) in [5, 5.41) is 9.55. The molecule has 21 heavy (non-hydrogen) atoms. The average molecular weight is 300 g/mol. The highest BCUT2D eigenvalue weighted by Crippen LogP contribution is 2.30. The predicted octanol–water partition coefficient (Wildman–Crippen LogP) is 3.05. The highest BCUT2D eigenvalue weighted by molar-refractivity contribution is 7.22. The largest absolute Gasteiger partial charge is 0.465 e. The molecule has 2 heterocycles. The summed E-state index contributed by atoms with van der Waals surface area (Å²) in [5.74, 6) is 0. The molecule has 6 nitrogen and oxygen atoms in total. The predicted molar refractivity (Wildman–Crippen MR) is 83.7 cm³/mol. The molecule has 0 fully saturated rings. The van der Waals surface area contributed by atoms with Crippen molar-refractivity contribution in [3.63, 3.8) is 0 Å². The third-order valence-corrected chi connectivity index (χ3v) is 3.98. The first kappa shape index (κ1) is 13.3. The van der Waals surface area contributed by atoms with Gasteiger partial charge in [-0.3, -0.25) is 9.88 Å². The maximum atomic E-state index is 11.0. The average Bonchev–Trinajstić information content (AvgIpc) is 2.85. The van der Waals surface area contributed by atoms with E-state index in [4.69, 9.17) is 10.8 Å². The molecule has 0 aliphatic rings. The van der Waals surface area contributed by atoms with Crippen molar-refractivity contribution in [2.75, 3.05) is 17.7 Å². The molecule has 0 spiro atoms. The van der Waals surface area contributed by atoms with Crippen LogP contribution in [0.4, 0.5) is 15.6 Å². The molecule has 7 heteroatoms. The molecule has 2 aromatic heterocycles. The fourth-order valence-electron chi connectivity index (χ4n) is 2.00. The van der Waals surface area contributed by atoms with Crippen LogP contribution in [0.2, 0.25) is 0 Å². The molecule has 0 atom stereocenters. The second-order valence-electron chi connectivity index (χ2n) is 4.51. The molecule has 0 saturated carbocycles. The second kappa shape index (κ2) is 5.02. The van der Waals surface area contributed by atoms with Crippen molar-refractivity contribution in [2.24, 2.45) is 0 Å². The molecule has 0 saturated heterocycles. The van der Waals surface area contributed by atoms with E-state index in [1.807, 2.05) is 18.2 Å². The Hall–Kier alpha value is -2.67. The summed E-state index contributed by atoms with van der Waals surface area (Å²) >= 11 is 1.42. The number of nitrogens with zero attached hydrogens (tertiary/aromatic N) is 3. The van der Waals surface area contributed by atoms with Crippen LogP contribution in [-0.4, -0.2) is 28.2 Å². The molecule has 106 valence electrons. The van der Waals surface area contributed by atoms with Crippen molar-refractivity contribution in [3.05, 3.63) is 36.7 Å². The summed E-state index contributed by atoms with van der Waals surface area (Å²) in [6.07, 6.45) is 2.19. The van der Waals surface area contributed by atoms with Crippen molar-refractivity contribution >= 4 is 38.5 Å². The number of benzene rings is 1. The van der Waals surface area contributed by atoms with E-state index in [-0.39, 0.29) is 0 Å². The fraction of sp³-hybridized carbons (Fsp3) is 0.0714. The number of thiazole rings is 1. The van der Waals surface area contributed by atoms with E-state index in [0.29, 0.717) is 10.8 Å². The van der Waals surface area contributed by atoms with Crippen LogP contribution in [0.3, 0.4) is 0 Å². The van der Waals surface area contributed by atoms with Gasteiger partial charge in [0.15, 0.2) is 5.13 Å². The number of rotatable bonds is 2. The first-order chi connectivity index (χ1) is 10.0. The van der Waals surface area contributed by atoms with Crippen LogP contribution < -0.4 is 10.6 Å². The van der Waals surface area contributed by atoms with E-state index in [9.17, 15) is 4.79 Å². The Bertz CT molecular complexity index is 831. The molecular formula is C14H12N4O2S. The van der Waals surface area contributed by atoms with E-state index in [2.05, 4.69) is 9.97 Å². The molecule has 3 N–H and O–H groups in total. The van der Waals surface area contributed by atoms with Gasteiger partial charge in [-0.25, -0.2) is 9.78 Å². The maximum Gasteiger partial charge on any atom is 0.411 e. The lowest BCUT2D eigenvalue weighted by Crippen LogP contribution is -2.23. The topological polar surface area (TPSA) is 92.3 Å². The number of carboxylic acid groups (broad SMARTS) is 1. The first-order valence-corrected chi connectivity index (χ1v) is 6.94. The van der Waals surface area contributed by atoms with Gasteiger partial charge in [0.25, 0.3) is 0 Å². The quantitative estimate of drug-likeness (QED) is 0.758. The lowest BCUT2D eigenvalue weighted by Gasteiger charge is -2.13. The number of aromatic nitrogens is 2. The number of carbonyl (C=O) groups is 1. The van der Waals surface area contributed by atoms with Gasteiger partial charge in [0.05, 0.1) is 22.1 Å². The molecule has 0 unspecified atom stereocenters. The SMILES string of the molecule is CN(C(=O)O)c1cncc(-c2ccc3nc(N)sc3c2)c1. The van der Waals surface area contributed by atoms with Gasteiger partial charge in [-0.05, 0) is 23.8 Å². The fourth-order valence-corrected chi connectivity index (χ4v) is 2.77. The van der Waals surface area contributed by atoms with Gasteiger partial charge in [0.2, 0.25) is 0 Å². The van der Waals surface area contributed by atoms with Gasteiger partial charge in [0.1, 0.15) is 0 Å². The summed E-state index contributed by atoms with van der Waals surface area (Å²) in [7, 11) is 1.48. The van der Waals surface area contributed by atoms with E-state index in [1.165, 1.54) is 24.6 Å². The van der Waals surface area contributed by atoms with E-state index < -0.39 is 6.09 Å². The van der Waals surface area contributed by atoms with Crippen LogP contribution in [0.5, 0.6) is 0 Å². The first-order valence-electron chi connectivity index (χ1n) is 6.13. The summed E-state index contributed by atoms with van der Waals surface area (Å²) in [5.41, 5.74) is 8.86. The van der Waals surface area contributed by atoms with Crippen LogP contribution >= 0.6 is 11.3 Å².